The van der Waals surface area contributed by atoms with Crippen molar-refractivity contribution >= 4 is 36.4 Å². The first-order chi connectivity index (χ1) is 23.6. The van der Waals surface area contributed by atoms with Gasteiger partial charge in [0, 0.05) is 28.0 Å². The Labute approximate surface area is 294 Å². The van der Waals surface area contributed by atoms with Gasteiger partial charge in [-0.25, -0.2) is 0 Å². The van der Waals surface area contributed by atoms with Crippen molar-refractivity contribution in [2.45, 2.75) is 76.9 Å². The van der Waals surface area contributed by atoms with E-state index in [2.05, 4.69) is 39.0 Å². The van der Waals surface area contributed by atoms with Crippen LogP contribution in [-0.4, -0.2) is 61.9 Å². The van der Waals surface area contributed by atoms with Gasteiger partial charge in [-0.3, -0.25) is 14.5 Å². The lowest BCUT2D eigenvalue weighted by molar-refractivity contribution is -0.140. The molecule has 1 fully saturated rings. The maximum atomic E-state index is 15.6. The van der Waals surface area contributed by atoms with E-state index in [1.54, 1.807) is 7.11 Å². The van der Waals surface area contributed by atoms with E-state index in [0.29, 0.717) is 29.9 Å². The molecule has 262 valence electrons. The van der Waals surface area contributed by atoms with Gasteiger partial charge >= 0.3 is 0 Å². The number of ether oxygens (including phenoxy) is 2. The molecule has 0 unspecified atom stereocenters. The number of nitrogens with zero attached hydrogens (tertiary/aromatic N) is 2. The highest BCUT2D eigenvalue weighted by Gasteiger charge is 2.69. The lowest BCUT2D eigenvalue weighted by Gasteiger charge is -2.55. The second kappa shape index (κ2) is 11.9. The molecule has 3 aromatic carbocycles. The van der Waals surface area contributed by atoms with E-state index in [4.69, 9.17) is 18.4 Å². The number of rotatable bonds is 7. The summed E-state index contributed by atoms with van der Waals surface area (Å²) in [6.45, 7) is 12.5. The lowest BCUT2D eigenvalue weighted by Crippen LogP contribution is -2.68. The summed E-state index contributed by atoms with van der Waals surface area (Å²) in [6.07, 6.45) is 0.855. The second-order valence-electron chi connectivity index (χ2n) is 15.7. The van der Waals surface area contributed by atoms with E-state index >= 15 is 9.59 Å². The largest absolute Gasteiger partial charge is 0.507 e. The van der Waals surface area contributed by atoms with Crippen molar-refractivity contribution in [3.63, 3.8) is 0 Å². The number of aromatic nitrogens is 1. The third-order valence-electron chi connectivity index (χ3n) is 11.6. The van der Waals surface area contributed by atoms with Gasteiger partial charge in [0.1, 0.15) is 23.7 Å². The standard InChI is InChI=1S/C40H46N2O7Si/c1-22-25-17-13-14-18-26(25)34(46-7)27-19-24-20-28-32(42(5)6)35-31(38(41-48-35)47-21-23-15-11-10-12-16-23)37(45)40(28,49-50(8,9)39(2,3)4)36(44)30(24)33(43)29(22)27/h10-18,24,28,32,43H,19-21H2,1-9H3/t24-,28-,32-,40-/m0/s1. The van der Waals surface area contributed by atoms with Crippen LogP contribution in [0.15, 0.2) is 64.7 Å². The molecular weight excluding hydrogens is 649 g/mol. The molecule has 0 radical (unpaired) electrons. The number of Topliss-reactive ketones (excluding diaryl/α,β-unsaturated/α-hetero) is 2. The van der Waals surface area contributed by atoms with Gasteiger partial charge in [0.25, 0.3) is 5.88 Å². The van der Waals surface area contributed by atoms with Crippen molar-refractivity contribution in [1.29, 1.82) is 0 Å². The Morgan fingerprint density at radius 1 is 1.00 bits per heavy atom. The van der Waals surface area contributed by atoms with Crippen LogP contribution in [0.2, 0.25) is 18.1 Å². The van der Waals surface area contributed by atoms with Crippen LogP contribution >= 0.6 is 0 Å². The predicted molar refractivity (Wildman–Crippen MR) is 194 cm³/mol. The Hall–Kier alpha value is -4.25. The van der Waals surface area contributed by atoms with E-state index in [1.165, 1.54) is 0 Å². The zero-order chi connectivity index (χ0) is 35.9. The van der Waals surface area contributed by atoms with Gasteiger partial charge in [0.15, 0.2) is 19.7 Å². The Bertz CT molecular complexity index is 2060. The van der Waals surface area contributed by atoms with Crippen molar-refractivity contribution in [2.75, 3.05) is 21.2 Å². The molecule has 1 N–H and O–H groups in total. The van der Waals surface area contributed by atoms with E-state index in [0.717, 1.165) is 27.5 Å². The summed E-state index contributed by atoms with van der Waals surface area (Å²) in [6, 6.07) is 17.0. The number of fused-ring (bicyclic) bond motifs is 5. The highest BCUT2D eigenvalue weighted by Crippen LogP contribution is 2.59. The molecule has 4 atom stereocenters. The monoisotopic (exact) mass is 694 g/mol. The highest BCUT2D eigenvalue weighted by atomic mass is 28.4. The topological polar surface area (TPSA) is 111 Å². The van der Waals surface area contributed by atoms with Gasteiger partial charge < -0.3 is 23.5 Å². The Morgan fingerprint density at radius 3 is 2.30 bits per heavy atom. The molecular formula is C40H46N2O7Si. The first-order valence-corrected chi connectivity index (χ1v) is 20.2. The summed E-state index contributed by atoms with van der Waals surface area (Å²) in [5.41, 5.74) is 1.63. The van der Waals surface area contributed by atoms with E-state index in [-0.39, 0.29) is 40.3 Å². The molecule has 0 amide bonds. The average Bonchev–Trinajstić information content (AvgIpc) is 3.48. The van der Waals surface area contributed by atoms with Crippen molar-refractivity contribution in [1.82, 2.24) is 10.1 Å². The fourth-order valence-electron chi connectivity index (χ4n) is 8.24. The number of aliphatic hydroxyl groups excluding tert-OH is 1. The number of benzene rings is 3. The minimum atomic E-state index is -2.84. The summed E-state index contributed by atoms with van der Waals surface area (Å²) in [5, 5.41) is 18.1. The molecule has 7 rings (SSSR count). The van der Waals surface area contributed by atoms with Crippen molar-refractivity contribution in [3.05, 3.63) is 93.7 Å². The molecule has 3 aliphatic rings. The number of hydrogen-bond donors (Lipinski definition) is 1. The zero-order valence-corrected chi connectivity index (χ0v) is 31.3. The molecule has 0 saturated heterocycles. The molecule has 50 heavy (non-hydrogen) atoms. The SMILES string of the molecule is COc1c2c(c(C)c3ccccc13)C(O)=C1C(=O)[C@]3(O[Si](C)(C)C(C)(C)C)C(=O)c4c(OCc5ccccc5)noc4[C@@H](N(C)C)[C@@H]3C[C@@H]1C2. The number of ketones is 2. The van der Waals surface area contributed by atoms with Crippen LogP contribution in [-0.2, 0) is 22.2 Å². The normalized spacial score (nSPS) is 23.4. The van der Waals surface area contributed by atoms with Crippen molar-refractivity contribution < 1.29 is 33.1 Å². The van der Waals surface area contributed by atoms with Gasteiger partial charge in [-0.15, -0.1) is 0 Å². The number of aryl methyl sites for hydroxylation is 1. The Kier molecular flexibility index (Phi) is 8.16. The van der Waals surface area contributed by atoms with Crippen LogP contribution in [0.3, 0.4) is 0 Å². The van der Waals surface area contributed by atoms with Gasteiger partial charge in [-0.05, 0) is 79.6 Å². The lowest BCUT2D eigenvalue weighted by atomic mass is 9.57. The molecule has 10 heteroatoms. The van der Waals surface area contributed by atoms with Gasteiger partial charge in [0.2, 0.25) is 11.6 Å². The average molecular weight is 695 g/mol. The maximum Gasteiger partial charge on any atom is 0.265 e. The summed E-state index contributed by atoms with van der Waals surface area (Å²) in [5.74, 6) is -1.05. The smallest absolute Gasteiger partial charge is 0.265 e. The van der Waals surface area contributed by atoms with Crippen LogP contribution in [0.25, 0.3) is 16.5 Å². The van der Waals surface area contributed by atoms with Crippen LogP contribution in [0.1, 0.15) is 71.6 Å². The Morgan fingerprint density at radius 2 is 1.66 bits per heavy atom. The second-order valence-corrected chi connectivity index (χ2v) is 20.5. The highest BCUT2D eigenvalue weighted by molar-refractivity contribution is 6.74. The summed E-state index contributed by atoms with van der Waals surface area (Å²) in [7, 11) is 2.63. The quantitative estimate of drug-likeness (QED) is 0.152. The van der Waals surface area contributed by atoms with Crippen molar-refractivity contribution in [3.8, 4) is 11.6 Å². The van der Waals surface area contributed by atoms with E-state index in [9.17, 15) is 5.11 Å². The summed E-state index contributed by atoms with van der Waals surface area (Å²) < 4.78 is 25.4. The fraction of sp³-hybridized carbons (Fsp3) is 0.425. The van der Waals surface area contributed by atoms with Crippen LogP contribution < -0.4 is 9.47 Å². The van der Waals surface area contributed by atoms with Crippen LogP contribution in [0.5, 0.6) is 11.6 Å². The molecule has 0 spiro atoms. The number of hydrogen-bond acceptors (Lipinski definition) is 9. The summed E-state index contributed by atoms with van der Waals surface area (Å²) in [4.78, 5) is 32.9. The predicted octanol–water partition coefficient (Wildman–Crippen LogP) is 8.01. The number of methoxy groups -OCH3 is 1. The first-order valence-electron chi connectivity index (χ1n) is 17.3. The zero-order valence-electron chi connectivity index (χ0n) is 30.3. The fourth-order valence-corrected chi connectivity index (χ4v) is 9.69. The minimum absolute atomic E-state index is 0.0338. The molecule has 0 aliphatic heterocycles. The van der Waals surface area contributed by atoms with Gasteiger partial charge in [-0.2, -0.15) is 0 Å². The molecule has 0 bridgehead atoms. The van der Waals surface area contributed by atoms with Crippen LogP contribution in [0, 0.1) is 18.8 Å². The van der Waals surface area contributed by atoms with Crippen molar-refractivity contribution in [2.24, 2.45) is 11.8 Å². The van der Waals surface area contributed by atoms with E-state index < -0.39 is 37.4 Å². The van der Waals surface area contributed by atoms with E-state index in [1.807, 2.05) is 80.5 Å². The number of carbonyl (C=O) groups excluding carboxylic acids is 2. The van der Waals surface area contributed by atoms with Gasteiger partial charge in [0.05, 0.1) is 13.2 Å². The first kappa shape index (κ1) is 34.2. The van der Waals surface area contributed by atoms with Crippen LogP contribution in [0.4, 0.5) is 0 Å². The summed E-state index contributed by atoms with van der Waals surface area (Å²) >= 11 is 0. The Balaban J connectivity index is 1.46. The third kappa shape index (κ3) is 4.90. The molecule has 1 heterocycles. The third-order valence-corrected chi connectivity index (χ3v) is 16.1. The molecule has 4 aromatic rings. The maximum absolute atomic E-state index is 15.6. The number of carbonyl (C=O) groups is 2. The molecule has 1 saturated carbocycles. The minimum Gasteiger partial charge on any atom is -0.507 e. The molecule has 9 nitrogen and oxygen atoms in total. The molecule has 3 aliphatic carbocycles. The number of aliphatic hydroxyl groups is 1. The molecule has 1 aromatic heterocycles. The van der Waals surface area contributed by atoms with Gasteiger partial charge in [-0.1, -0.05) is 75.4 Å².